The van der Waals surface area contributed by atoms with Crippen LogP contribution in [0.4, 0.5) is 21.8 Å². The Kier molecular flexibility index (Phi) is 6.20. The molecule has 0 saturated carbocycles. The maximum atomic E-state index is 13.7. The molecule has 2 N–H and O–H groups in total. The molecule has 0 aliphatic rings. The van der Waals surface area contributed by atoms with E-state index in [9.17, 15) is 4.39 Å². The van der Waals surface area contributed by atoms with Gasteiger partial charge in [0.15, 0.2) is 0 Å². The van der Waals surface area contributed by atoms with E-state index in [4.69, 9.17) is 4.74 Å². The zero-order chi connectivity index (χ0) is 19.1. The lowest BCUT2D eigenvalue weighted by Crippen LogP contribution is -2.09. The lowest BCUT2D eigenvalue weighted by molar-refractivity contribution is 0.340. The summed E-state index contributed by atoms with van der Waals surface area (Å²) in [4.78, 5) is 8.90. The van der Waals surface area contributed by atoms with Crippen LogP contribution in [-0.2, 0) is 6.42 Å². The van der Waals surface area contributed by atoms with Gasteiger partial charge in [0, 0.05) is 24.0 Å². The number of aryl methyl sites for hydroxylation is 1. The van der Waals surface area contributed by atoms with Gasteiger partial charge in [-0.1, -0.05) is 18.2 Å². The molecule has 2 aromatic carbocycles. The van der Waals surface area contributed by atoms with E-state index in [1.54, 1.807) is 12.1 Å². The van der Waals surface area contributed by atoms with E-state index in [1.165, 1.54) is 6.07 Å². The average molecular weight is 366 g/mol. The summed E-state index contributed by atoms with van der Waals surface area (Å²) in [5.74, 6) is 1.85. The van der Waals surface area contributed by atoms with E-state index in [0.717, 1.165) is 17.1 Å². The summed E-state index contributed by atoms with van der Waals surface area (Å²) in [5.41, 5.74) is 2.40. The SMILES string of the molecule is CCOc1ccc(Nc2nc(C)cc(NCCc3ccccc3F)n2)cc1. The van der Waals surface area contributed by atoms with Crippen LogP contribution >= 0.6 is 0 Å². The van der Waals surface area contributed by atoms with Crippen molar-refractivity contribution in [3.8, 4) is 5.75 Å². The van der Waals surface area contributed by atoms with Crippen molar-refractivity contribution in [3.63, 3.8) is 0 Å². The Hall–Kier alpha value is -3.15. The molecule has 0 fully saturated rings. The zero-order valence-electron chi connectivity index (χ0n) is 15.5. The number of hydrogen-bond acceptors (Lipinski definition) is 5. The lowest BCUT2D eigenvalue weighted by atomic mass is 10.1. The number of rotatable bonds is 8. The van der Waals surface area contributed by atoms with Crippen molar-refractivity contribution >= 4 is 17.5 Å². The van der Waals surface area contributed by atoms with Gasteiger partial charge >= 0.3 is 0 Å². The van der Waals surface area contributed by atoms with Crippen molar-refractivity contribution < 1.29 is 9.13 Å². The number of aromatic nitrogens is 2. The third kappa shape index (κ3) is 5.41. The Bertz CT molecular complexity index is 884. The van der Waals surface area contributed by atoms with E-state index in [0.29, 0.717) is 36.9 Å². The minimum Gasteiger partial charge on any atom is -0.494 e. The summed E-state index contributed by atoms with van der Waals surface area (Å²) in [6.07, 6.45) is 0.581. The van der Waals surface area contributed by atoms with Gasteiger partial charge in [-0.3, -0.25) is 0 Å². The van der Waals surface area contributed by atoms with Crippen molar-refractivity contribution in [3.05, 3.63) is 71.7 Å². The van der Waals surface area contributed by atoms with Gasteiger partial charge in [0.1, 0.15) is 17.4 Å². The van der Waals surface area contributed by atoms with Crippen LogP contribution in [0.3, 0.4) is 0 Å². The second-order valence-electron chi connectivity index (χ2n) is 6.07. The molecular formula is C21H23FN4O. The van der Waals surface area contributed by atoms with Gasteiger partial charge in [-0.2, -0.15) is 4.98 Å². The number of nitrogens with zero attached hydrogens (tertiary/aromatic N) is 2. The Balaban J connectivity index is 1.62. The van der Waals surface area contributed by atoms with Crippen LogP contribution in [0.5, 0.6) is 5.75 Å². The molecule has 0 saturated heterocycles. The van der Waals surface area contributed by atoms with Gasteiger partial charge in [0.05, 0.1) is 6.61 Å². The van der Waals surface area contributed by atoms with Crippen molar-refractivity contribution in [1.82, 2.24) is 9.97 Å². The van der Waals surface area contributed by atoms with Gasteiger partial charge < -0.3 is 15.4 Å². The van der Waals surface area contributed by atoms with Crippen LogP contribution < -0.4 is 15.4 Å². The zero-order valence-corrected chi connectivity index (χ0v) is 15.5. The Morgan fingerprint density at radius 3 is 2.56 bits per heavy atom. The van der Waals surface area contributed by atoms with Crippen LogP contribution in [0.1, 0.15) is 18.2 Å². The summed E-state index contributed by atoms with van der Waals surface area (Å²) < 4.78 is 19.1. The van der Waals surface area contributed by atoms with Crippen LogP contribution in [0, 0.1) is 12.7 Å². The minimum atomic E-state index is -0.184. The standard InChI is InChI=1S/C21H23FN4O/c1-3-27-18-10-8-17(9-11-18)25-21-24-15(2)14-20(26-21)23-13-12-16-6-4-5-7-19(16)22/h4-11,14H,3,12-13H2,1-2H3,(H2,23,24,25,26). The Morgan fingerprint density at radius 2 is 1.81 bits per heavy atom. The molecule has 0 spiro atoms. The monoisotopic (exact) mass is 366 g/mol. The number of hydrogen-bond donors (Lipinski definition) is 2. The van der Waals surface area contributed by atoms with Gasteiger partial charge in [0.2, 0.25) is 5.95 Å². The highest BCUT2D eigenvalue weighted by Gasteiger charge is 2.05. The molecule has 0 aliphatic carbocycles. The summed E-state index contributed by atoms with van der Waals surface area (Å²) in [7, 11) is 0. The summed E-state index contributed by atoms with van der Waals surface area (Å²) in [6.45, 7) is 5.08. The van der Waals surface area contributed by atoms with E-state index in [2.05, 4.69) is 20.6 Å². The molecule has 0 atom stereocenters. The van der Waals surface area contributed by atoms with Crippen LogP contribution in [0.25, 0.3) is 0 Å². The largest absolute Gasteiger partial charge is 0.494 e. The minimum absolute atomic E-state index is 0.184. The van der Waals surface area contributed by atoms with Gasteiger partial charge in [-0.15, -0.1) is 0 Å². The Morgan fingerprint density at radius 1 is 1.04 bits per heavy atom. The first-order valence-corrected chi connectivity index (χ1v) is 8.97. The smallest absolute Gasteiger partial charge is 0.229 e. The fourth-order valence-corrected chi connectivity index (χ4v) is 2.67. The fraction of sp³-hybridized carbons (Fsp3) is 0.238. The predicted molar refractivity (Wildman–Crippen MR) is 106 cm³/mol. The molecule has 5 nitrogen and oxygen atoms in total. The summed E-state index contributed by atoms with van der Waals surface area (Å²) in [5, 5.41) is 6.43. The topological polar surface area (TPSA) is 59.1 Å². The highest BCUT2D eigenvalue weighted by molar-refractivity contribution is 5.56. The number of ether oxygens (including phenoxy) is 1. The highest BCUT2D eigenvalue weighted by atomic mass is 19.1. The second-order valence-corrected chi connectivity index (χ2v) is 6.07. The molecule has 27 heavy (non-hydrogen) atoms. The third-order valence-electron chi connectivity index (χ3n) is 3.93. The fourth-order valence-electron chi connectivity index (χ4n) is 2.67. The average Bonchev–Trinajstić information content (AvgIpc) is 2.65. The summed E-state index contributed by atoms with van der Waals surface area (Å²) >= 11 is 0. The quantitative estimate of drug-likeness (QED) is 0.604. The molecule has 0 bridgehead atoms. The first-order valence-electron chi connectivity index (χ1n) is 8.97. The molecule has 1 heterocycles. The second kappa shape index (κ2) is 8.98. The molecular weight excluding hydrogens is 343 g/mol. The van der Waals surface area contributed by atoms with Gasteiger partial charge in [0.25, 0.3) is 0 Å². The maximum Gasteiger partial charge on any atom is 0.229 e. The van der Waals surface area contributed by atoms with E-state index < -0.39 is 0 Å². The predicted octanol–water partition coefficient (Wildman–Crippen LogP) is 4.72. The van der Waals surface area contributed by atoms with E-state index in [-0.39, 0.29) is 5.82 Å². The first-order chi connectivity index (χ1) is 13.1. The van der Waals surface area contributed by atoms with E-state index in [1.807, 2.05) is 50.2 Å². The lowest BCUT2D eigenvalue weighted by Gasteiger charge is -2.11. The summed E-state index contributed by atoms with van der Waals surface area (Å²) in [6, 6.07) is 16.3. The molecule has 1 aromatic heterocycles. The van der Waals surface area contributed by atoms with Crippen molar-refractivity contribution in [1.29, 1.82) is 0 Å². The molecule has 3 aromatic rings. The molecule has 3 rings (SSSR count). The number of benzene rings is 2. The molecule has 0 aliphatic heterocycles. The van der Waals surface area contributed by atoms with Crippen molar-refractivity contribution in [2.24, 2.45) is 0 Å². The maximum absolute atomic E-state index is 13.7. The first kappa shape index (κ1) is 18.6. The number of nitrogens with one attached hydrogen (secondary N) is 2. The highest BCUT2D eigenvalue weighted by Crippen LogP contribution is 2.19. The van der Waals surface area contributed by atoms with Crippen LogP contribution in [-0.4, -0.2) is 23.1 Å². The third-order valence-corrected chi connectivity index (χ3v) is 3.93. The molecule has 140 valence electrons. The molecule has 0 amide bonds. The van der Waals surface area contributed by atoms with Gasteiger partial charge in [-0.25, -0.2) is 9.37 Å². The Labute approximate surface area is 158 Å². The molecule has 0 radical (unpaired) electrons. The molecule has 6 heteroatoms. The number of anilines is 3. The van der Waals surface area contributed by atoms with Gasteiger partial charge in [-0.05, 0) is 56.2 Å². The van der Waals surface area contributed by atoms with Crippen molar-refractivity contribution in [2.75, 3.05) is 23.8 Å². The molecule has 0 unspecified atom stereocenters. The van der Waals surface area contributed by atoms with E-state index >= 15 is 0 Å². The number of halogens is 1. The van der Waals surface area contributed by atoms with Crippen molar-refractivity contribution in [2.45, 2.75) is 20.3 Å². The van der Waals surface area contributed by atoms with Crippen LogP contribution in [0.2, 0.25) is 0 Å². The normalized spacial score (nSPS) is 10.5. The van der Waals surface area contributed by atoms with Crippen LogP contribution in [0.15, 0.2) is 54.6 Å².